The molecule has 0 amide bonds. The maximum absolute atomic E-state index is 5.01. The van der Waals surface area contributed by atoms with E-state index in [4.69, 9.17) is 25.3 Å². The quantitative estimate of drug-likeness (QED) is 0.468. The average Bonchev–Trinajstić information content (AvgIpc) is 2.29. The van der Waals surface area contributed by atoms with Crippen LogP contribution in [-0.4, -0.2) is 37.3 Å². The third-order valence-corrected chi connectivity index (χ3v) is 3.51. The molecule has 0 saturated heterocycles. The molecule has 0 aliphatic rings. The molecular weight excluding hydrogens is 445 g/mol. The van der Waals surface area contributed by atoms with Gasteiger partial charge >= 0.3 is 0 Å². The van der Waals surface area contributed by atoms with Gasteiger partial charge in [0.25, 0.3) is 0 Å². The topological polar surface area (TPSA) is 6.48 Å². The van der Waals surface area contributed by atoms with E-state index in [0.717, 1.165) is 19.4 Å². The van der Waals surface area contributed by atoms with Gasteiger partial charge in [-0.3, -0.25) is 0 Å². The Morgan fingerprint density at radius 1 is 1.06 bits per heavy atom. The van der Waals surface area contributed by atoms with E-state index in [0.29, 0.717) is 0 Å². The van der Waals surface area contributed by atoms with E-state index in [-0.39, 0.29) is 27.1 Å². The molecule has 5 heteroatoms. The summed E-state index contributed by atoms with van der Waals surface area (Å²) < 4.78 is -0.189. The zero-order valence-corrected chi connectivity index (χ0v) is 14.8. The van der Waals surface area contributed by atoms with E-state index in [1.54, 1.807) is 0 Å². The number of hydrogen-bond donors (Lipinski definition) is 0. The average molecular weight is 465 g/mol. The molecule has 0 aromatic heterocycles. The summed E-state index contributed by atoms with van der Waals surface area (Å²) in [6.45, 7) is 0.965. The molecule has 107 valence electrons. The van der Waals surface area contributed by atoms with Crippen LogP contribution in [0.5, 0.6) is 0 Å². The van der Waals surface area contributed by atoms with Crippen LogP contribution in [-0.2, 0) is 54.1 Å². The normalized spacial score (nSPS) is 10.6. The predicted molar refractivity (Wildman–Crippen MR) is 80.2 cm³/mol. The number of rotatable bonds is 6. The summed E-state index contributed by atoms with van der Waals surface area (Å²) in [5, 5.41) is 0. The van der Waals surface area contributed by atoms with Crippen LogP contribution in [0.1, 0.15) is 12.0 Å². The van der Waals surface area contributed by atoms with Gasteiger partial charge in [-0.1, -0.05) is 12.1 Å². The van der Waals surface area contributed by atoms with Crippen LogP contribution in [0.3, 0.4) is 0 Å². The molecule has 0 spiro atoms. The summed E-state index contributed by atoms with van der Waals surface area (Å²) in [6.07, 6.45) is 2.18. The molecule has 1 aromatic rings. The number of benzene rings is 1. The molecule has 1 radical (unpaired) electrons. The molecule has 0 N–H and O–H groups in total. The third kappa shape index (κ3) is 6.55. The fourth-order valence-electron chi connectivity index (χ4n) is 1.60. The molecule has 0 fully saturated rings. The summed E-state index contributed by atoms with van der Waals surface area (Å²) in [5.41, 5.74) is 2.61. The second-order valence-corrected chi connectivity index (χ2v) is 5.64. The van der Waals surface area contributed by atoms with Gasteiger partial charge in [0.05, 0.1) is 0 Å². The van der Waals surface area contributed by atoms with Gasteiger partial charge < -0.3 is 35.1 Å². The Morgan fingerprint density at radius 3 is 2.06 bits per heavy atom. The number of hydrogen-bond acceptors (Lipinski definition) is 4. The Hall–Kier alpha value is 0.420. The maximum atomic E-state index is 5.01. The number of aryl methyl sites for hydroxylation is 1. The van der Waals surface area contributed by atoms with Crippen LogP contribution in [0.25, 0.3) is 0 Å². The Kier molecular flexibility index (Phi) is 9.56. The Balaban J connectivity index is 0.00000289. The van der Waals surface area contributed by atoms with Crippen molar-refractivity contribution in [3.05, 3.63) is 29.8 Å². The van der Waals surface area contributed by atoms with Crippen molar-refractivity contribution in [3.8, 4) is 0 Å². The van der Waals surface area contributed by atoms with E-state index in [1.807, 2.05) is 11.9 Å². The van der Waals surface area contributed by atoms with Gasteiger partial charge in [0, 0.05) is 42.2 Å². The monoisotopic (exact) mass is 465 g/mol. The van der Waals surface area contributed by atoms with Gasteiger partial charge in [-0.15, -0.1) is 0 Å². The van der Waals surface area contributed by atoms with E-state index in [1.165, 1.54) is 11.3 Å². The SMILES string of the molecule is CN(C)c1ccc(CCCN(C)C([S-])[S-])cc1.[Au]. The summed E-state index contributed by atoms with van der Waals surface area (Å²) in [7, 11) is 6.09. The first-order valence-electron chi connectivity index (χ1n) is 5.79. The van der Waals surface area contributed by atoms with Crippen molar-refractivity contribution < 1.29 is 22.4 Å². The third-order valence-electron chi connectivity index (χ3n) is 2.79. The Morgan fingerprint density at radius 2 is 1.61 bits per heavy atom. The minimum atomic E-state index is -0.189. The van der Waals surface area contributed by atoms with Crippen LogP contribution in [0.15, 0.2) is 24.3 Å². The molecule has 18 heavy (non-hydrogen) atoms. The smallest absolute Gasteiger partial charge is 0.0361 e. The molecule has 0 heterocycles. The van der Waals surface area contributed by atoms with Crippen LogP contribution in [0.2, 0.25) is 0 Å². The van der Waals surface area contributed by atoms with Gasteiger partial charge in [-0.2, -0.15) is 0 Å². The standard InChI is InChI=1S/C13H22N2S2.Au/c1-14(2)12-8-6-11(7-9-12)5-4-10-15(3)13(16)17;/h6-9,13,16-17H,4-5,10H2,1-3H3;/p-2. The first kappa shape index (κ1) is 18.4. The van der Waals surface area contributed by atoms with Crippen molar-refractivity contribution in [1.29, 1.82) is 0 Å². The van der Waals surface area contributed by atoms with Crippen molar-refractivity contribution in [2.24, 2.45) is 0 Å². The van der Waals surface area contributed by atoms with Gasteiger partial charge in [-0.05, 0) is 44.1 Å². The van der Waals surface area contributed by atoms with E-state index in [9.17, 15) is 0 Å². The zero-order chi connectivity index (χ0) is 12.8. The summed E-state index contributed by atoms with van der Waals surface area (Å²) in [5.74, 6) is 0. The predicted octanol–water partition coefficient (Wildman–Crippen LogP) is 1.99. The molecule has 0 bridgehead atoms. The minimum absolute atomic E-state index is 0. The molecule has 0 saturated carbocycles. The molecule has 1 aromatic carbocycles. The minimum Gasteiger partial charge on any atom is -0.800 e. The van der Waals surface area contributed by atoms with Crippen molar-refractivity contribution in [3.63, 3.8) is 0 Å². The Bertz CT molecular complexity index is 328. The second-order valence-electron chi connectivity index (χ2n) is 4.45. The fraction of sp³-hybridized carbons (Fsp3) is 0.538. The summed E-state index contributed by atoms with van der Waals surface area (Å²) in [6, 6.07) is 8.69. The first-order valence-corrected chi connectivity index (χ1v) is 6.73. The molecular formula is C13H20AuN2S2-2. The largest absolute Gasteiger partial charge is 0.800 e. The van der Waals surface area contributed by atoms with Crippen LogP contribution in [0, 0.1) is 0 Å². The number of nitrogens with zero attached hydrogens (tertiary/aromatic N) is 2. The molecule has 0 atom stereocenters. The molecule has 2 nitrogen and oxygen atoms in total. The van der Waals surface area contributed by atoms with Gasteiger partial charge in [-0.25, -0.2) is 4.71 Å². The summed E-state index contributed by atoms with van der Waals surface area (Å²) in [4.78, 5) is 4.13. The molecule has 0 aliphatic carbocycles. The molecule has 0 aliphatic heterocycles. The summed E-state index contributed by atoms with van der Waals surface area (Å²) >= 11 is 10.0. The van der Waals surface area contributed by atoms with Gasteiger partial charge in [0.15, 0.2) is 0 Å². The van der Waals surface area contributed by atoms with Crippen LogP contribution >= 0.6 is 0 Å². The van der Waals surface area contributed by atoms with Crippen molar-refractivity contribution in [2.45, 2.75) is 17.5 Å². The fourth-order valence-corrected chi connectivity index (χ4v) is 1.81. The molecule has 0 unspecified atom stereocenters. The van der Waals surface area contributed by atoms with Gasteiger partial charge in [0.2, 0.25) is 0 Å². The van der Waals surface area contributed by atoms with Crippen LogP contribution in [0.4, 0.5) is 5.69 Å². The van der Waals surface area contributed by atoms with E-state index >= 15 is 0 Å². The maximum Gasteiger partial charge on any atom is 0.0361 e. The van der Waals surface area contributed by atoms with Crippen molar-refractivity contribution in [1.82, 2.24) is 4.90 Å². The number of anilines is 1. The Labute approximate surface area is 137 Å². The van der Waals surface area contributed by atoms with Crippen LogP contribution < -0.4 is 4.90 Å². The van der Waals surface area contributed by atoms with E-state index in [2.05, 4.69) is 43.3 Å². The van der Waals surface area contributed by atoms with E-state index < -0.39 is 0 Å². The van der Waals surface area contributed by atoms with Crippen molar-refractivity contribution in [2.75, 3.05) is 32.6 Å². The second kappa shape index (κ2) is 9.34. The first-order chi connectivity index (χ1) is 8.00. The molecule has 1 rings (SSSR count). The zero-order valence-electron chi connectivity index (χ0n) is 11.0. The van der Waals surface area contributed by atoms with Gasteiger partial charge in [0.1, 0.15) is 0 Å². The van der Waals surface area contributed by atoms with Crippen molar-refractivity contribution >= 4 is 30.9 Å².